The molecule has 14 heavy (non-hydrogen) atoms. The Bertz CT molecular complexity index is 279. The summed E-state index contributed by atoms with van der Waals surface area (Å²) in [7, 11) is 0. The Morgan fingerprint density at radius 1 is 1.36 bits per heavy atom. The van der Waals surface area contributed by atoms with Crippen LogP contribution < -0.4 is 0 Å². The molecule has 2 atom stereocenters. The van der Waals surface area contributed by atoms with E-state index in [-0.39, 0.29) is 0 Å². The normalized spacial score (nSPS) is 37.4. The van der Waals surface area contributed by atoms with Gasteiger partial charge in [-0.15, -0.1) is 0 Å². The van der Waals surface area contributed by atoms with Crippen molar-refractivity contribution in [1.29, 1.82) is 0 Å². The molecule has 2 unspecified atom stereocenters. The van der Waals surface area contributed by atoms with Gasteiger partial charge in [-0.25, -0.2) is 0 Å². The van der Waals surface area contributed by atoms with Gasteiger partial charge in [-0.1, -0.05) is 26.2 Å². The van der Waals surface area contributed by atoms with E-state index in [1.54, 1.807) is 5.57 Å². The van der Waals surface area contributed by atoms with Gasteiger partial charge < -0.3 is 4.74 Å². The SMILES string of the molecule is CCCCCCC1=C2OC23CCC1C3. The van der Waals surface area contributed by atoms with E-state index in [0.717, 1.165) is 5.92 Å². The van der Waals surface area contributed by atoms with Crippen LogP contribution in [0.4, 0.5) is 0 Å². The summed E-state index contributed by atoms with van der Waals surface area (Å²) >= 11 is 0. The van der Waals surface area contributed by atoms with Crippen LogP contribution in [0.2, 0.25) is 0 Å². The quantitative estimate of drug-likeness (QED) is 0.477. The predicted octanol–water partition coefficient (Wildman–Crippen LogP) is 3.79. The first kappa shape index (κ1) is 8.82. The molecule has 3 rings (SSSR count). The van der Waals surface area contributed by atoms with E-state index in [2.05, 4.69) is 6.92 Å². The summed E-state index contributed by atoms with van der Waals surface area (Å²) in [5.74, 6) is 2.37. The van der Waals surface area contributed by atoms with Crippen molar-refractivity contribution in [2.75, 3.05) is 0 Å². The Kier molecular flexibility index (Phi) is 1.90. The number of hydrogen-bond acceptors (Lipinski definition) is 1. The number of allylic oxidation sites excluding steroid dienone is 1. The molecule has 78 valence electrons. The zero-order chi connectivity index (χ0) is 9.60. The minimum Gasteiger partial charge on any atom is -0.479 e. The van der Waals surface area contributed by atoms with Gasteiger partial charge in [-0.3, -0.25) is 0 Å². The number of rotatable bonds is 5. The molecule has 2 bridgehead atoms. The van der Waals surface area contributed by atoms with E-state index >= 15 is 0 Å². The largest absolute Gasteiger partial charge is 0.479 e. The second-order valence-corrected chi connectivity index (χ2v) is 5.20. The molecule has 1 saturated carbocycles. The van der Waals surface area contributed by atoms with Gasteiger partial charge in [0.2, 0.25) is 0 Å². The first-order valence-electron chi connectivity index (χ1n) is 6.28. The minimum atomic E-state index is 0.324. The van der Waals surface area contributed by atoms with Crippen LogP contribution in [0.3, 0.4) is 0 Å². The van der Waals surface area contributed by atoms with Crippen molar-refractivity contribution in [3.8, 4) is 0 Å². The Labute approximate surface area is 86.5 Å². The number of ether oxygens (including phenoxy) is 1. The summed E-state index contributed by atoms with van der Waals surface area (Å²) in [6, 6.07) is 0. The van der Waals surface area contributed by atoms with Crippen molar-refractivity contribution in [3.05, 3.63) is 11.3 Å². The van der Waals surface area contributed by atoms with Gasteiger partial charge in [0.1, 0.15) is 5.76 Å². The number of epoxide rings is 1. The zero-order valence-corrected chi connectivity index (χ0v) is 9.14. The Morgan fingerprint density at radius 3 is 3.00 bits per heavy atom. The highest BCUT2D eigenvalue weighted by Gasteiger charge is 2.64. The van der Waals surface area contributed by atoms with Gasteiger partial charge in [0.25, 0.3) is 0 Å². The Balaban J connectivity index is 1.55. The number of fused-ring (bicyclic) bond motifs is 1. The van der Waals surface area contributed by atoms with Crippen LogP contribution in [0.25, 0.3) is 0 Å². The van der Waals surface area contributed by atoms with Crippen molar-refractivity contribution in [2.45, 2.75) is 63.9 Å². The highest BCUT2D eigenvalue weighted by Crippen LogP contribution is 2.65. The number of hydrogen-bond donors (Lipinski definition) is 0. The molecule has 1 spiro atoms. The summed E-state index contributed by atoms with van der Waals surface area (Å²) in [4.78, 5) is 0. The summed E-state index contributed by atoms with van der Waals surface area (Å²) in [5.41, 5.74) is 2.04. The van der Waals surface area contributed by atoms with Gasteiger partial charge in [0.15, 0.2) is 5.60 Å². The minimum absolute atomic E-state index is 0.324. The lowest BCUT2D eigenvalue weighted by molar-refractivity contribution is 0.302. The van der Waals surface area contributed by atoms with E-state index in [1.165, 1.54) is 57.1 Å². The molecule has 1 nitrogen and oxygen atoms in total. The monoisotopic (exact) mass is 192 g/mol. The van der Waals surface area contributed by atoms with Crippen LogP contribution in [0.1, 0.15) is 58.3 Å². The Hall–Kier alpha value is -0.460. The molecule has 2 aliphatic carbocycles. The fraction of sp³-hybridized carbons (Fsp3) is 0.846. The maximum absolute atomic E-state index is 5.78. The lowest BCUT2D eigenvalue weighted by atomic mass is 9.93. The molecule has 0 N–H and O–H groups in total. The van der Waals surface area contributed by atoms with Crippen LogP contribution in [0.15, 0.2) is 11.3 Å². The number of unbranched alkanes of at least 4 members (excludes halogenated alkanes) is 3. The van der Waals surface area contributed by atoms with Crippen LogP contribution in [0.5, 0.6) is 0 Å². The third-order valence-electron chi connectivity index (χ3n) is 4.23. The third kappa shape index (κ3) is 1.14. The first-order valence-corrected chi connectivity index (χ1v) is 6.28. The second-order valence-electron chi connectivity index (χ2n) is 5.20. The molecule has 3 aliphatic rings. The zero-order valence-electron chi connectivity index (χ0n) is 9.14. The van der Waals surface area contributed by atoms with Crippen LogP contribution in [-0.2, 0) is 4.74 Å². The summed E-state index contributed by atoms with van der Waals surface area (Å²) < 4.78 is 5.78. The maximum atomic E-state index is 5.78. The van der Waals surface area contributed by atoms with E-state index in [9.17, 15) is 0 Å². The molecule has 2 fully saturated rings. The molecular formula is C13H20O. The summed E-state index contributed by atoms with van der Waals surface area (Å²) in [5, 5.41) is 0. The average molecular weight is 192 g/mol. The highest BCUT2D eigenvalue weighted by atomic mass is 16.6. The van der Waals surface area contributed by atoms with Gasteiger partial charge in [-0.2, -0.15) is 0 Å². The van der Waals surface area contributed by atoms with Gasteiger partial charge >= 0.3 is 0 Å². The van der Waals surface area contributed by atoms with Crippen LogP contribution in [-0.4, -0.2) is 5.60 Å². The fourth-order valence-corrected chi connectivity index (χ4v) is 3.38. The lowest BCUT2D eigenvalue weighted by Gasteiger charge is -2.10. The molecule has 1 aliphatic heterocycles. The van der Waals surface area contributed by atoms with Crippen molar-refractivity contribution in [1.82, 2.24) is 0 Å². The smallest absolute Gasteiger partial charge is 0.166 e. The van der Waals surface area contributed by atoms with Crippen molar-refractivity contribution in [2.24, 2.45) is 5.92 Å². The topological polar surface area (TPSA) is 12.5 Å². The molecule has 1 heteroatoms. The molecule has 1 heterocycles. The highest BCUT2D eigenvalue weighted by molar-refractivity contribution is 5.42. The Morgan fingerprint density at radius 2 is 2.29 bits per heavy atom. The lowest BCUT2D eigenvalue weighted by Crippen LogP contribution is -1.98. The van der Waals surface area contributed by atoms with Crippen molar-refractivity contribution >= 4 is 0 Å². The van der Waals surface area contributed by atoms with Crippen molar-refractivity contribution in [3.63, 3.8) is 0 Å². The molecule has 0 aromatic carbocycles. The van der Waals surface area contributed by atoms with E-state index in [0.29, 0.717) is 5.60 Å². The molecule has 0 amide bonds. The van der Waals surface area contributed by atoms with Gasteiger partial charge in [0, 0.05) is 6.42 Å². The predicted molar refractivity (Wildman–Crippen MR) is 56.9 cm³/mol. The fourth-order valence-electron chi connectivity index (χ4n) is 3.38. The van der Waals surface area contributed by atoms with E-state index in [4.69, 9.17) is 4.74 Å². The molecule has 0 aromatic heterocycles. The summed E-state index contributed by atoms with van der Waals surface area (Å²) in [6.07, 6.45) is 11.0. The standard InChI is InChI=1S/C13H20O/c1-2-3-4-5-6-11-10-7-8-13(9-10)12(11)14-13/h10H,2-9H2,1H3. The van der Waals surface area contributed by atoms with Crippen LogP contribution >= 0.6 is 0 Å². The molecule has 0 radical (unpaired) electrons. The summed E-state index contributed by atoms with van der Waals surface area (Å²) in [6.45, 7) is 2.28. The van der Waals surface area contributed by atoms with Gasteiger partial charge in [-0.05, 0) is 37.2 Å². The third-order valence-corrected chi connectivity index (χ3v) is 4.23. The maximum Gasteiger partial charge on any atom is 0.166 e. The molecule has 0 aromatic rings. The molecule has 1 saturated heterocycles. The average Bonchev–Trinajstić information content (AvgIpc) is 2.63. The van der Waals surface area contributed by atoms with Crippen LogP contribution in [0, 0.1) is 5.92 Å². The molecular weight excluding hydrogens is 172 g/mol. The first-order chi connectivity index (χ1) is 6.86. The van der Waals surface area contributed by atoms with E-state index < -0.39 is 0 Å². The second kappa shape index (κ2) is 3.01. The van der Waals surface area contributed by atoms with E-state index in [1.807, 2.05) is 0 Å². The van der Waals surface area contributed by atoms with Crippen molar-refractivity contribution < 1.29 is 4.74 Å². The van der Waals surface area contributed by atoms with Gasteiger partial charge in [0.05, 0.1) is 0 Å².